The highest BCUT2D eigenvalue weighted by Gasteiger charge is 2.24. The van der Waals surface area contributed by atoms with E-state index in [1.54, 1.807) is 24.3 Å². The SMILES string of the molecule is COc1ccc(S(=O)(=O)N(C)CC(=O)N/N=C\c2cccc(Cl)c2)cc1OC. The molecule has 0 aromatic heterocycles. The van der Waals surface area contributed by atoms with Gasteiger partial charge in [0.25, 0.3) is 5.91 Å². The van der Waals surface area contributed by atoms with Gasteiger partial charge in [-0.15, -0.1) is 0 Å². The minimum atomic E-state index is -3.91. The van der Waals surface area contributed by atoms with E-state index < -0.39 is 22.5 Å². The predicted octanol–water partition coefficient (Wildman–Crippen LogP) is 2.13. The van der Waals surface area contributed by atoms with Crippen LogP contribution in [0.15, 0.2) is 52.5 Å². The molecule has 0 aliphatic rings. The van der Waals surface area contributed by atoms with Crippen molar-refractivity contribution in [2.75, 3.05) is 27.8 Å². The lowest BCUT2D eigenvalue weighted by molar-refractivity contribution is -0.121. The molecule has 0 atom stereocenters. The maximum atomic E-state index is 12.7. The normalized spacial score (nSPS) is 11.6. The summed E-state index contributed by atoms with van der Waals surface area (Å²) in [4.78, 5) is 12.0. The predicted molar refractivity (Wildman–Crippen MR) is 107 cm³/mol. The summed E-state index contributed by atoms with van der Waals surface area (Å²) in [5, 5.41) is 4.34. The van der Waals surface area contributed by atoms with Crippen LogP contribution in [0.3, 0.4) is 0 Å². The van der Waals surface area contributed by atoms with Gasteiger partial charge in [0.05, 0.1) is 31.9 Å². The summed E-state index contributed by atoms with van der Waals surface area (Å²) in [6, 6.07) is 11.1. The Morgan fingerprint density at radius 2 is 1.89 bits per heavy atom. The van der Waals surface area contributed by atoms with Crippen LogP contribution >= 0.6 is 11.6 Å². The van der Waals surface area contributed by atoms with Gasteiger partial charge in [0.2, 0.25) is 10.0 Å². The molecule has 1 amide bonds. The summed E-state index contributed by atoms with van der Waals surface area (Å²) in [7, 11) is 0.248. The Morgan fingerprint density at radius 1 is 1.18 bits per heavy atom. The molecule has 150 valence electrons. The number of hydrazone groups is 1. The van der Waals surface area contributed by atoms with E-state index in [0.717, 1.165) is 4.31 Å². The maximum Gasteiger partial charge on any atom is 0.255 e. The summed E-state index contributed by atoms with van der Waals surface area (Å²) in [5.74, 6) is 0.0783. The molecule has 1 N–H and O–H groups in total. The van der Waals surface area contributed by atoms with E-state index in [0.29, 0.717) is 16.3 Å². The first-order valence-electron chi connectivity index (χ1n) is 8.03. The first-order chi connectivity index (χ1) is 13.3. The largest absolute Gasteiger partial charge is 0.493 e. The van der Waals surface area contributed by atoms with Gasteiger partial charge in [0.1, 0.15) is 0 Å². The molecule has 0 heterocycles. The molecule has 0 saturated carbocycles. The summed E-state index contributed by atoms with van der Waals surface area (Å²) >= 11 is 5.87. The van der Waals surface area contributed by atoms with Crippen LogP contribution in [0.5, 0.6) is 11.5 Å². The first kappa shape index (κ1) is 21.7. The molecule has 28 heavy (non-hydrogen) atoms. The number of nitrogens with zero attached hydrogens (tertiary/aromatic N) is 2. The second kappa shape index (κ2) is 9.54. The molecule has 0 radical (unpaired) electrons. The highest BCUT2D eigenvalue weighted by atomic mass is 35.5. The molecule has 0 fully saturated rings. The van der Waals surface area contributed by atoms with Crippen molar-refractivity contribution in [2.45, 2.75) is 4.90 Å². The number of hydrogen-bond acceptors (Lipinski definition) is 6. The molecule has 0 bridgehead atoms. The zero-order valence-corrected chi connectivity index (χ0v) is 17.1. The number of likely N-dealkylation sites (N-methyl/N-ethyl adjacent to an activating group) is 1. The number of carbonyl (C=O) groups is 1. The lowest BCUT2D eigenvalue weighted by Gasteiger charge is -2.17. The van der Waals surface area contributed by atoms with Crippen LogP contribution in [0.1, 0.15) is 5.56 Å². The summed E-state index contributed by atoms with van der Waals surface area (Å²) in [6.45, 7) is -0.413. The molecular weight excluding hydrogens is 406 g/mol. The van der Waals surface area contributed by atoms with Crippen LogP contribution in [0.2, 0.25) is 5.02 Å². The number of hydrogen-bond donors (Lipinski definition) is 1. The van der Waals surface area contributed by atoms with E-state index in [-0.39, 0.29) is 10.6 Å². The van der Waals surface area contributed by atoms with Gasteiger partial charge in [0.15, 0.2) is 11.5 Å². The van der Waals surface area contributed by atoms with Crippen molar-refractivity contribution in [1.82, 2.24) is 9.73 Å². The third-order valence-corrected chi connectivity index (χ3v) is 5.72. The molecule has 2 aromatic rings. The average Bonchev–Trinajstić information content (AvgIpc) is 2.67. The minimum absolute atomic E-state index is 0.0251. The highest BCUT2D eigenvalue weighted by molar-refractivity contribution is 7.89. The molecule has 8 nitrogen and oxygen atoms in total. The number of carbonyl (C=O) groups excluding carboxylic acids is 1. The standard InChI is InChI=1S/C18H20ClN3O5S/c1-22(12-18(23)21-20-11-13-5-4-6-14(19)9-13)28(24,25)15-7-8-16(26-2)17(10-15)27-3/h4-11H,12H2,1-3H3,(H,21,23)/b20-11-. The van der Waals surface area contributed by atoms with Crippen molar-refractivity contribution in [3.05, 3.63) is 53.1 Å². The Bertz CT molecular complexity index is 979. The van der Waals surface area contributed by atoms with Gasteiger partial charge in [-0.1, -0.05) is 23.7 Å². The number of nitrogens with one attached hydrogen (secondary N) is 1. The third kappa shape index (κ3) is 5.44. The fraction of sp³-hybridized carbons (Fsp3) is 0.222. The molecule has 0 spiro atoms. The zero-order valence-electron chi connectivity index (χ0n) is 15.5. The maximum absolute atomic E-state index is 12.7. The van der Waals surface area contributed by atoms with E-state index in [4.69, 9.17) is 21.1 Å². The van der Waals surface area contributed by atoms with E-state index in [2.05, 4.69) is 10.5 Å². The van der Waals surface area contributed by atoms with Crippen LogP contribution in [-0.2, 0) is 14.8 Å². The Morgan fingerprint density at radius 3 is 2.54 bits per heavy atom. The van der Waals surface area contributed by atoms with E-state index in [1.165, 1.54) is 45.7 Å². The highest BCUT2D eigenvalue weighted by Crippen LogP contribution is 2.30. The number of sulfonamides is 1. The van der Waals surface area contributed by atoms with Gasteiger partial charge in [-0.2, -0.15) is 9.41 Å². The number of ether oxygens (including phenoxy) is 2. The smallest absolute Gasteiger partial charge is 0.255 e. The lowest BCUT2D eigenvalue weighted by atomic mass is 10.2. The van der Waals surface area contributed by atoms with Crippen molar-refractivity contribution in [3.63, 3.8) is 0 Å². The monoisotopic (exact) mass is 425 g/mol. The van der Waals surface area contributed by atoms with Crippen LogP contribution in [0, 0.1) is 0 Å². The average molecular weight is 426 g/mol. The van der Waals surface area contributed by atoms with Crippen molar-refractivity contribution < 1.29 is 22.7 Å². The Balaban J connectivity index is 2.04. The van der Waals surface area contributed by atoms with E-state index in [1.807, 2.05) is 0 Å². The molecule has 2 rings (SSSR count). The Labute approximate surface area is 168 Å². The fourth-order valence-electron chi connectivity index (χ4n) is 2.25. The van der Waals surface area contributed by atoms with Gasteiger partial charge in [-0.25, -0.2) is 13.8 Å². The number of halogens is 1. The van der Waals surface area contributed by atoms with Crippen molar-refractivity contribution >= 4 is 33.7 Å². The van der Waals surface area contributed by atoms with Crippen molar-refractivity contribution in [2.24, 2.45) is 5.10 Å². The minimum Gasteiger partial charge on any atom is -0.493 e. The molecule has 10 heteroatoms. The molecule has 0 aliphatic heterocycles. The summed E-state index contributed by atoms with van der Waals surface area (Å²) in [6.07, 6.45) is 1.41. The van der Waals surface area contributed by atoms with Gasteiger partial charge in [-0.05, 0) is 29.8 Å². The van der Waals surface area contributed by atoms with Gasteiger partial charge < -0.3 is 9.47 Å². The molecular formula is C18H20ClN3O5S. The second-order valence-corrected chi connectivity index (χ2v) is 8.11. The van der Waals surface area contributed by atoms with E-state index >= 15 is 0 Å². The van der Waals surface area contributed by atoms with Gasteiger partial charge in [0, 0.05) is 18.1 Å². The molecule has 0 aliphatic carbocycles. The number of benzene rings is 2. The van der Waals surface area contributed by atoms with Crippen LogP contribution in [0.4, 0.5) is 0 Å². The zero-order chi connectivity index (χ0) is 20.7. The molecule has 2 aromatic carbocycles. The third-order valence-electron chi connectivity index (χ3n) is 3.68. The van der Waals surface area contributed by atoms with Crippen molar-refractivity contribution in [3.8, 4) is 11.5 Å². The molecule has 0 unspecified atom stereocenters. The first-order valence-corrected chi connectivity index (χ1v) is 9.85. The van der Waals surface area contributed by atoms with Crippen LogP contribution in [-0.4, -0.2) is 52.7 Å². The Kier molecular flexibility index (Phi) is 7.38. The summed E-state index contributed by atoms with van der Waals surface area (Å²) in [5.41, 5.74) is 2.98. The second-order valence-electron chi connectivity index (χ2n) is 5.63. The quantitative estimate of drug-likeness (QED) is 0.516. The lowest BCUT2D eigenvalue weighted by Crippen LogP contribution is -2.36. The topological polar surface area (TPSA) is 97.3 Å². The number of methoxy groups -OCH3 is 2. The van der Waals surface area contributed by atoms with Gasteiger partial charge in [-0.3, -0.25) is 4.79 Å². The van der Waals surface area contributed by atoms with Crippen LogP contribution in [0.25, 0.3) is 0 Å². The van der Waals surface area contributed by atoms with Crippen molar-refractivity contribution in [1.29, 1.82) is 0 Å². The fourth-order valence-corrected chi connectivity index (χ4v) is 3.59. The molecule has 0 saturated heterocycles. The number of rotatable bonds is 8. The summed E-state index contributed by atoms with van der Waals surface area (Å²) < 4.78 is 36.5. The number of amides is 1. The van der Waals surface area contributed by atoms with Crippen LogP contribution < -0.4 is 14.9 Å². The van der Waals surface area contributed by atoms with E-state index in [9.17, 15) is 13.2 Å². The van der Waals surface area contributed by atoms with Gasteiger partial charge >= 0.3 is 0 Å². The Hall–Kier alpha value is -2.62.